The quantitative estimate of drug-likeness (QED) is 0.708. The van der Waals surface area contributed by atoms with Crippen LogP contribution < -0.4 is 0 Å². The van der Waals surface area contributed by atoms with Crippen molar-refractivity contribution in [2.45, 2.75) is 6.42 Å². The number of benzene rings is 1. The smallest absolute Gasteiger partial charge is 0.165 e. The van der Waals surface area contributed by atoms with Crippen molar-refractivity contribution in [2.24, 2.45) is 0 Å². The van der Waals surface area contributed by atoms with Gasteiger partial charge in [-0.3, -0.25) is 4.79 Å². The number of hydrogen-bond donors (Lipinski definition) is 0. The summed E-state index contributed by atoms with van der Waals surface area (Å²) in [5.41, 5.74) is 0.603. The number of carbonyl (C=O) groups excluding carboxylic acids is 1. The molecule has 0 aromatic heterocycles. The maximum absolute atomic E-state index is 12.1. The Morgan fingerprint density at radius 2 is 1.89 bits per heavy atom. The van der Waals surface area contributed by atoms with Crippen LogP contribution in [-0.4, -0.2) is 56.4 Å². The monoisotopic (exact) mass is 346 g/mol. The Kier molecular flexibility index (Phi) is 7.00. The molecule has 1 rings (SSSR count). The zero-order valence-corrected chi connectivity index (χ0v) is 14.0. The highest BCUT2D eigenvalue weighted by Crippen LogP contribution is 2.22. The number of nitrogens with zero attached hydrogens (tertiary/aromatic N) is 2. The van der Waals surface area contributed by atoms with E-state index in [1.165, 1.54) is 0 Å². The number of halogens is 2. The van der Waals surface area contributed by atoms with Gasteiger partial charge in [0.05, 0.1) is 5.02 Å². The van der Waals surface area contributed by atoms with Gasteiger partial charge < -0.3 is 9.80 Å². The van der Waals surface area contributed by atoms with E-state index in [0.717, 1.165) is 24.1 Å². The summed E-state index contributed by atoms with van der Waals surface area (Å²) in [6.45, 7) is 2.69. The summed E-state index contributed by atoms with van der Waals surface area (Å²) in [4.78, 5) is 16.4. The first-order valence-corrected chi connectivity index (χ1v) is 7.38. The van der Waals surface area contributed by atoms with Gasteiger partial charge >= 0.3 is 0 Å². The molecule has 5 heteroatoms. The molecule has 1 aromatic carbocycles. The second kappa shape index (κ2) is 8.00. The molecular formula is C14H20BrClN2O. The van der Waals surface area contributed by atoms with Gasteiger partial charge in [0.1, 0.15) is 0 Å². The zero-order valence-electron chi connectivity index (χ0n) is 11.6. The number of ketones is 1. The Bertz CT molecular complexity index is 437. The Balaban J connectivity index is 2.47. The standard InChI is InChI=1S/C14H20BrClN2O/c1-17(2)8-9-18(3)7-6-14(19)12-5-4-11(15)10-13(12)16/h4-5,10H,6-9H2,1-3H3. The van der Waals surface area contributed by atoms with Crippen molar-refractivity contribution in [1.29, 1.82) is 0 Å². The van der Waals surface area contributed by atoms with Crippen LogP contribution in [0.2, 0.25) is 5.02 Å². The topological polar surface area (TPSA) is 23.6 Å². The molecule has 0 aliphatic carbocycles. The van der Waals surface area contributed by atoms with Crippen molar-refractivity contribution in [3.8, 4) is 0 Å². The minimum absolute atomic E-state index is 0.0919. The summed E-state index contributed by atoms with van der Waals surface area (Å²) in [5.74, 6) is 0.0919. The Morgan fingerprint density at radius 3 is 2.47 bits per heavy atom. The van der Waals surface area contributed by atoms with Gasteiger partial charge in [-0.05, 0) is 39.3 Å². The number of hydrogen-bond acceptors (Lipinski definition) is 3. The molecule has 19 heavy (non-hydrogen) atoms. The molecule has 0 N–H and O–H groups in total. The molecule has 0 bridgehead atoms. The summed E-state index contributed by atoms with van der Waals surface area (Å²) in [7, 11) is 6.11. The molecule has 0 unspecified atom stereocenters. The van der Waals surface area contributed by atoms with Crippen LogP contribution in [-0.2, 0) is 0 Å². The fourth-order valence-electron chi connectivity index (χ4n) is 1.63. The van der Waals surface area contributed by atoms with Crippen LogP contribution in [0.4, 0.5) is 0 Å². The molecule has 0 spiro atoms. The van der Waals surface area contributed by atoms with Gasteiger partial charge in [-0.25, -0.2) is 0 Å². The number of carbonyl (C=O) groups is 1. The second-order valence-corrected chi connectivity index (χ2v) is 6.23. The third kappa shape index (κ3) is 6.04. The molecule has 0 saturated heterocycles. The highest BCUT2D eigenvalue weighted by Gasteiger charge is 2.11. The van der Waals surface area contributed by atoms with Crippen molar-refractivity contribution in [1.82, 2.24) is 9.80 Å². The van der Waals surface area contributed by atoms with E-state index in [4.69, 9.17) is 11.6 Å². The molecule has 3 nitrogen and oxygen atoms in total. The normalized spacial score (nSPS) is 11.3. The zero-order chi connectivity index (χ0) is 14.4. The molecule has 0 heterocycles. The molecule has 1 aromatic rings. The molecule has 0 fully saturated rings. The first kappa shape index (κ1) is 16.6. The van der Waals surface area contributed by atoms with Crippen molar-refractivity contribution in [3.63, 3.8) is 0 Å². The molecule has 0 radical (unpaired) electrons. The lowest BCUT2D eigenvalue weighted by molar-refractivity contribution is 0.0968. The van der Waals surface area contributed by atoms with Gasteiger partial charge in [0.15, 0.2) is 5.78 Å². The van der Waals surface area contributed by atoms with Crippen molar-refractivity contribution in [2.75, 3.05) is 40.8 Å². The van der Waals surface area contributed by atoms with Crippen molar-refractivity contribution >= 4 is 33.3 Å². The third-order valence-corrected chi connectivity index (χ3v) is 3.69. The van der Waals surface area contributed by atoms with Gasteiger partial charge in [-0.1, -0.05) is 27.5 Å². The SMILES string of the molecule is CN(C)CCN(C)CCC(=O)c1ccc(Br)cc1Cl. The Morgan fingerprint density at radius 1 is 1.21 bits per heavy atom. The number of Topliss-reactive ketones (excluding diaryl/α,β-unsaturated/α-hetero) is 1. The lowest BCUT2D eigenvalue weighted by atomic mass is 10.1. The van der Waals surface area contributed by atoms with E-state index in [2.05, 4.69) is 25.7 Å². The third-order valence-electron chi connectivity index (χ3n) is 2.88. The summed E-state index contributed by atoms with van der Waals surface area (Å²) in [5, 5.41) is 0.510. The Hall–Kier alpha value is -0.420. The van der Waals surface area contributed by atoms with E-state index in [0.29, 0.717) is 17.0 Å². The minimum atomic E-state index is 0.0919. The Labute approximate surface area is 128 Å². The van der Waals surface area contributed by atoms with E-state index in [-0.39, 0.29) is 5.78 Å². The maximum atomic E-state index is 12.1. The maximum Gasteiger partial charge on any atom is 0.165 e. The van der Waals surface area contributed by atoms with E-state index in [9.17, 15) is 4.79 Å². The van der Waals surface area contributed by atoms with Gasteiger partial charge in [-0.15, -0.1) is 0 Å². The molecule has 0 aliphatic heterocycles. The van der Waals surface area contributed by atoms with E-state index < -0.39 is 0 Å². The fraction of sp³-hybridized carbons (Fsp3) is 0.500. The minimum Gasteiger partial charge on any atom is -0.308 e. The van der Waals surface area contributed by atoms with Crippen LogP contribution >= 0.6 is 27.5 Å². The largest absolute Gasteiger partial charge is 0.308 e. The van der Waals surface area contributed by atoms with Crippen LogP contribution in [0, 0.1) is 0 Å². The summed E-state index contributed by atoms with van der Waals surface area (Å²) in [6.07, 6.45) is 0.491. The highest BCUT2D eigenvalue weighted by atomic mass is 79.9. The van der Waals surface area contributed by atoms with Crippen LogP contribution in [0.25, 0.3) is 0 Å². The van der Waals surface area contributed by atoms with Gasteiger partial charge in [-0.2, -0.15) is 0 Å². The molecular weight excluding hydrogens is 328 g/mol. The van der Waals surface area contributed by atoms with E-state index in [1.54, 1.807) is 12.1 Å². The van der Waals surface area contributed by atoms with E-state index >= 15 is 0 Å². The van der Waals surface area contributed by atoms with Crippen LogP contribution in [0.3, 0.4) is 0 Å². The predicted octanol–water partition coefficient (Wildman–Crippen LogP) is 3.17. The highest BCUT2D eigenvalue weighted by molar-refractivity contribution is 9.10. The van der Waals surface area contributed by atoms with Crippen LogP contribution in [0.15, 0.2) is 22.7 Å². The van der Waals surface area contributed by atoms with Crippen molar-refractivity contribution < 1.29 is 4.79 Å². The number of likely N-dealkylation sites (N-methyl/N-ethyl adjacent to an activating group) is 2. The molecule has 0 saturated carbocycles. The van der Waals surface area contributed by atoms with Crippen LogP contribution in [0.5, 0.6) is 0 Å². The van der Waals surface area contributed by atoms with Crippen molar-refractivity contribution in [3.05, 3.63) is 33.3 Å². The molecule has 0 amide bonds. The average Bonchev–Trinajstić information content (AvgIpc) is 2.33. The molecule has 0 atom stereocenters. The first-order valence-electron chi connectivity index (χ1n) is 6.21. The summed E-state index contributed by atoms with van der Waals surface area (Å²) >= 11 is 9.40. The van der Waals surface area contributed by atoms with E-state index in [1.807, 2.05) is 27.2 Å². The predicted molar refractivity (Wildman–Crippen MR) is 84.2 cm³/mol. The second-order valence-electron chi connectivity index (χ2n) is 4.90. The first-order chi connectivity index (χ1) is 8.90. The molecule has 106 valence electrons. The van der Waals surface area contributed by atoms with Gasteiger partial charge in [0.25, 0.3) is 0 Å². The molecule has 0 aliphatic rings. The summed E-state index contributed by atoms with van der Waals surface area (Å²) < 4.78 is 0.886. The lowest BCUT2D eigenvalue weighted by Crippen LogP contribution is -2.30. The number of rotatable bonds is 7. The van der Waals surface area contributed by atoms with Crippen LogP contribution in [0.1, 0.15) is 16.8 Å². The average molecular weight is 348 g/mol. The van der Waals surface area contributed by atoms with Gasteiger partial charge in [0, 0.05) is 36.1 Å². The van der Waals surface area contributed by atoms with Gasteiger partial charge in [0.2, 0.25) is 0 Å². The summed E-state index contributed by atoms with van der Waals surface area (Å²) in [6, 6.07) is 5.37. The fourth-order valence-corrected chi connectivity index (χ4v) is 2.40. The lowest BCUT2D eigenvalue weighted by Gasteiger charge is -2.18.